The SMILES string of the molecule is CCOc1cccc(-c2cn3c(-c4ccc(CO)cc4)cnc3cn2)c1. The smallest absolute Gasteiger partial charge is 0.155 e. The normalized spacial score (nSPS) is 11.0. The van der Waals surface area contributed by atoms with E-state index in [9.17, 15) is 5.11 Å². The lowest BCUT2D eigenvalue weighted by atomic mass is 10.1. The second kappa shape index (κ2) is 6.98. The number of aliphatic hydroxyl groups is 1. The van der Waals surface area contributed by atoms with Crippen LogP contribution in [0.2, 0.25) is 0 Å². The lowest BCUT2D eigenvalue weighted by molar-refractivity contribution is 0.282. The van der Waals surface area contributed by atoms with E-state index in [0.717, 1.165) is 39.5 Å². The molecule has 0 aliphatic rings. The Hall–Kier alpha value is -3.18. The first kappa shape index (κ1) is 16.3. The highest BCUT2D eigenvalue weighted by Gasteiger charge is 2.09. The molecule has 2 aromatic carbocycles. The Kier molecular flexibility index (Phi) is 4.37. The van der Waals surface area contributed by atoms with E-state index in [1.165, 1.54) is 0 Å². The predicted octanol–water partition coefficient (Wildman–Crippen LogP) is 3.95. The highest BCUT2D eigenvalue weighted by atomic mass is 16.5. The van der Waals surface area contributed by atoms with Crippen molar-refractivity contribution < 1.29 is 9.84 Å². The van der Waals surface area contributed by atoms with Crippen molar-refractivity contribution >= 4 is 5.65 Å². The molecule has 2 aromatic heterocycles. The molecule has 26 heavy (non-hydrogen) atoms. The molecule has 0 aliphatic heterocycles. The highest BCUT2D eigenvalue weighted by Crippen LogP contribution is 2.26. The Labute approximate surface area is 151 Å². The molecule has 0 spiro atoms. The summed E-state index contributed by atoms with van der Waals surface area (Å²) in [4.78, 5) is 8.99. The van der Waals surface area contributed by atoms with Gasteiger partial charge in [-0.05, 0) is 24.6 Å². The van der Waals surface area contributed by atoms with Crippen molar-refractivity contribution in [1.82, 2.24) is 14.4 Å². The number of nitrogens with zero attached hydrogens (tertiary/aromatic N) is 3. The van der Waals surface area contributed by atoms with E-state index >= 15 is 0 Å². The molecule has 4 rings (SSSR count). The zero-order chi connectivity index (χ0) is 17.9. The van der Waals surface area contributed by atoms with Gasteiger partial charge in [0.15, 0.2) is 5.65 Å². The second-order valence-electron chi connectivity index (χ2n) is 5.96. The molecular weight excluding hydrogens is 326 g/mol. The third-order valence-corrected chi connectivity index (χ3v) is 4.27. The maximum absolute atomic E-state index is 9.22. The van der Waals surface area contributed by atoms with Gasteiger partial charge in [0.05, 0.1) is 37.0 Å². The number of rotatable bonds is 5. The lowest BCUT2D eigenvalue weighted by Gasteiger charge is -2.08. The summed E-state index contributed by atoms with van der Waals surface area (Å²) in [6.07, 6.45) is 5.60. The van der Waals surface area contributed by atoms with Gasteiger partial charge in [-0.2, -0.15) is 0 Å². The average molecular weight is 345 g/mol. The summed E-state index contributed by atoms with van der Waals surface area (Å²) in [7, 11) is 0. The minimum atomic E-state index is 0.0394. The minimum absolute atomic E-state index is 0.0394. The van der Waals surface area contributed by atoms with E-state index in [1.54, 1.807) is 6.20 Å². The van der Waals surface area contributed by atoms with E-state index < -0.39 is 0 Å². The van der Waals surface area contributed by atoms with Crippen LogP contribution in [-0.4, -0.2) is 26.1 Å². The van der Waals surface area contributed by atoms with Gasteiger partial charge in [0.25, 0.3) is 0 Å². The summed E-state index contributed by atoms with van der Waals surface area (Å²) in [5, 5.41) is 9.22. The predicted molar refractivity (Wildman–Crippen MR) is 101 cm³/mol. The molecule has 5 nitrogen and oxygen atoms in total. The molecule has 2 heterocycles. The number of hydrogen-bond donors (Lipinski definition) is 1. The molecule has 0 radical (unpaired) electrons. The van der Waals surface area contributed by atoms with Crippen molar-refractivity contribution in [2.75, 3.05) is 6.61 Å². The number of aliphatic hydroxyl groups excluding tert-OH is 1. The van der Waals surface area contributed by atoms with Gasteiger partial charge < -0.3 is 9.84 Å². The fourth-order valence-corrected chi connectivity index (χ4v) is 2.94. The lowest BCUT2D eigenvalue weighted by Crippen LogP contribution is -1.95. The second-order valence-corrected chi connectivity index (χ2v) is 5.96. The quantitative estimate of drug-likeness (QED) is 0.595. The topological polar surface area (TPSA) is 59.7 Å². The largest absolute Gasteiger partial charge is 0.494 e. The van der Waals surface area contributed by atoms with Gasteiger partial charge in [0.2, 0.25) is 0 Å². The van der Waals surface area contributed by atoms with E-state index in [2.05, 4.69) is 9.97 Å². The number of ether oxygens (including phenoxy) is 1. The summed E-state index contributed by atoms with van der Waals surface area (Å²) < 4.78 is 7.62. The Morgan fingerprint density at radius 1 is 1.00 bits per heavy atom. The summed E-state index contributed by atoms with van der Waals surface area (Å²) in [6, 6.07) is 15.7. The van der Waals surface area contributed by atoms with Crippen LogP contribution in [-0.2, 0) is 6.61 Å². The van der Waals surface area contributed by atoms with Crippen molar-refractivity contribution in [3.8, 4) is 28.3 Å². The van der Waals surface area contributed by atoms with Crippen LogP contribution in [0.25, 0.3) is 28.2 Å². The molecule has 5 heteroatoms. The van der Waals surface area contributed by atoms with E-state index in [0.29, 0.717) is 6.61 Å². The fraction of sp³-hybridized carbons (Fsp3) is 0.143. The summed E-state index contributed by atoms with van der Waals surface area (Å²) >= 11 is 0. The molecular formula is C21H19N3O2. The number of aromatic nitrogens is 3. The van der Waals surface area contributed by atoms with Crippen LogP contribution < -0.4 is 4.74 Å². The molecule has 130 valence electrons. The summed E-state index contributed by atoms with van der Waals surface area (Å²) in [6.45, 7) is 2.64. The zero-order valence-corrected chi connectivity index (χ0v) is 14.5. The van der Waals surface area contributed by atoms with Crippen LogP contribution in [0.3, 0.4) is 0 Å². The molecule has 4 aromatic rings. The first-order valence-electron chi connectivity index (χ1n) is 8.55. The molecule has 0 saturated heterocycles. The number of imidazole rings is 1. The maximum Gasteiger partial charge on any atom is 0.155 e. The standard InChI is InChI=1S/C21H19N3O2/c1-2-26-18-5-3-4-17(10-18)19-13-24-20(11-23-21(24)12-22-19)16-8-6-15(14-25)7-9-16/h3-13,25H,2,14H2,1H3. The summed E-state index contributed by atoms with van der Waals surface area (Å²) in [5.74, 6) is 0.831. The average Bonchev–Trinajstić information content (AvgIpc) is 3.12. The van der Waals surface area contributed by atoms with Crippen molar-refractivity contribution in [3.05, 3.63) is 72.7 Å². The molecule has 0 unspecified atom stereocenters. The number of benzene rings is 2. The van der Waals surface area contributed by atoms with Crippen LogP contribution in [0.15, 0.2) is 67.1 Å². The van der Waals surface area contributed by atoms with Crippen molar-refractivity contribution in [3.63, 3.8) is 0 Å². The minimum Gasteiger partial charge on any atom is -0.494 e. The van der Waals surface area contributed by atoms with Gasteiger partial charge >= 0.3 is 0 Å². The highest BCUT2D eigenvalue weighted by molar-refractivity contribution is 5.67. The van der Waals surface area contributed by atoms with E-state index in [-0.39, 0.29) is 6.61 Å². The molecule has 0 aliphatic carbocycles. The van der Waals surface area contributed by atoms with Gasteiger partial charge in [-0.15, -0.1) is 0 Å². The Balaban J connectivity index is 1.78. The Morgan fingerprint density at radius 2 is 1.85 bits per heavy atom. The van der Waals surface area contributed by atoms with Crippen LogP contribution in [0, 0.1) is 0 Å². The van der Waals surface area contributed by atoms with Crippen LogP contribution in [0.1, 0.15) is 12.5 Å². The van der Waals surface area contributed by atoms with Gasteiger partial charge in [0, 0.05) is 17.3 Å². The first-order chi connectivity index (χ1) is 12.8. The molecule has 0 fully saturated rings. The summed E-state index contributed by atoms with van der Waals surface area (Å²) in [5.41, 5.74) is 5.54. The third kappa shape index (κ3) is 3.05. The first-order valence-corrected chi connectivity index (χ1v) is 8.55. The van der Waals surface area contributed by atoms with Crippen molar-refractivity contribution in [1.29, 1.82) is 0 Å². The van der Waals surface area contributed by atoms with Gasteiger partial charge in [0.1, 0.15) is 5.75 Å². The molecule has 0 saturated carbocycles. The zero-order valence-electron chi connectivity index (χ0n) is 14.5. The third-order valence-electron chi connectivity index (χ3n) is 4.27. The molecule has 1 N–H and O–H groups in total. The van der Waals surface area contributed by atoms with Crippen LogP contribution in [0.4, 0.5) is 0 Å². The van der Waals surface area contributed by atoms with Crippen LogP contribution >= 0.6 is 0 Å². The van der Waals surface area contributed by atoms with Crippen molar-refractivity contribution in [2.24, 2.45) is 0 Å². The van der Waals surface area contributed by atoms with E-state index in [4.69, 9.17) is 4.74 Å². The molecule has 0 amide bonds. The fourth-order valence-electron chi connectivity index (χ4n) is 2.94. The van der Waals surface area contributed by atoms with Gasteiger partial charge in [-0.1, -0.05) is 36.4 Å². The van der Waals surface area contributed by atoms with Crippen molar-refractivity contribution in [2.45, 2.75) is 13.5 Å². The number of fused-ring (bicyclic) bond motifs is 1. The monoisotopic (exact) mass is 345 g/mol. The molecule has 0 atom stereocenters. The van der Waals surface area contributed by atoms with Gasteiger partial charge in [-0.3, -0.25) is 9.38 Å². The van der Waals surface area contributed by atoms with E-state index in [1.807, 2.05) is 72.2 Å². The maximum atomic E-state index is 9.22. The number of hydrogen-bond acceptors (Lipinski definition) is 4. The van der Waals surface area contributed by atoms with Crippen LogP contribution in [0.5, 0.6) is 5.75 Å². The Bertz CT molecular complexity index is 1040. The molecule has 0 bridgehead atoms. The Morgan fingerprint density at radius 3 is 2.62 bits per heavy atom. The van der Waals surface area contributed by atoms with Gasteiger partial charge in [-0.25, -0.2) is 4.98 Å².